The third-order valence-electron chi connectivity index (χ3n) is 4.31. The van der Waals surface area contributed by atoms with Gasteiger partial charge in [0.25, 0.3) is 0 Å². The van der Waals surface area contributed by atoms with Crippen LogP contribution in [0.25, 0.3) is 0 Å². The highest BCUT2D eigenvalue weighted by molar-refractivity contribution is 5.69. The summed E-state index contributed by atoms with van der Waals surface area (Å²) in [6, 6.07) is 10.7. The molecular formula is C17H25NO2. The van der Waals surface area contributed by atoms with Crippen molar-refractivity contribution in [2.24, 2.45) is 0 Å². The second-order valence-corrected chi connectivity index (χ2v) is 5.90. The Morgan fingerprint density at radius 2 is 2.05 bits per heavy atom. The van der Waals surface area contributed by atoms with Crippen molar-refractivity contribution in [3.8, 4) is 0 Å². The number of rotatable bonds is 4. The van der Waals surface area contributed by atoms with Gasteiger partial charge in [-0.25, -0.2) is 0 Å². The van der Waals surface area contributed by atoms with Crippen LogP contribution in [-0.4, -0.2) is 31.0 Å². The molecule has 110 valence electrons. The van der Waals surface area contributed by atoms with E-state index in [0.717, 1.165) is 24.8 Å². The van der Waals surface area contributed by atoms with Crippen LogP contribution >= 0.6 is 0 Å². The lowest BCUT2D eigenvalue weighted by Crippen LogP contribution is -2.44. The van der Waals surface area contributed by atoms with Crippen molar-refractivity contribution in [1.29, 1.82) is 0 Å². The fourth-order valence-electron chi connectivity index (χ4n) is 3.09. The van der Waals surface area contributed by atoms with Crippen molar-refractivity contribution in [1.82, 2.24) is 4.90 Å². The summed E-state index contributed by atoms with van der Waals surface area (Å²) < 4.78 is 5.93. The van der Waals surface area contributed by atoms with Crippen LogP contribution in [0, 0.1) is 0 Å². The molecular weight excluding hydrogens is 250 g/mol. The first-order chi connectivity index (χ1) is 9.57. The predicted molar refractivity (Wildman–Crippen MR) is 80.4 cm³/mol. The minimum absolute atomic E-state index is 0.103. The second-order valence-electron chi connectivity index (χ2n) is 5.90. The second kappa shape index (κ2) is 6.40. The van der Waals surface area contributed by atoms with E-state index in [1.807, 2.05) is 25.1 Å². The number of carbonyl (C=O) groups is 1. The average molecular weight is 275 g/mol. The third-order valence-corrected chi connectivity index (χ3v) is 4.31. The molecule has 1 aliphatic carbocycles. The molecule has 0 heterocycles. The van der Waals surface area contributed by atoms with Crippen molar-refractivity contribution in [3.63, 3.8) is 0 Å². The van der Waals surface area contributed by atoms with E-state index in [1.165, 1.54) is 6.42 Å². The fourth-order valence-corrected chi connectivity index (χ4v) is 3.09. The van der Waals surface area contributed by atoms with Crippen molar-refractivity contribution < 1.29 is 9.53 Å². The highest BCUT2D eigenvalue weighted by atomic mass is 16.6. The first-order valence-electron chi connectivity index (χ1n) is 7.51. The first kappa shape index (κ1) is 15.0. The number of ether oxygens (including phenoxy) is 1. The smallest absolute Gasteiger partial charge is 0.306 e. The summed E-state index contributed by atoms with van der Waals surface area (Å²) in [5, 5.41) is 0. The van der Waals surface area contributed by atoms with Gasteiger partial charge in [-0.05, 0) is 38.9 Å². The molecule has 1 aromatic rings. The molecule has 0 amide bonds. The van der Waals surface area contributed by atoms with E-state index in [0.29, 0.717) is 12.5 Å². The van der Waals surface area contributed by atoms with Crippen LogP contribution in [0.1, 0.15) is 44.6 Å². The Kier molecular flexibility index (Phi) is 4.81. The van der Waals surface area contributed by atoms with Gasteiger partial charge in [-0.1, -0.05) is 37.3 Å². The van der Waals surface area contributed by atoms with Gasteiger partial charge in [0.15, 0.2) is 0 Å². The summed E-state index contributed by atoms with van der Waals surface area (Å²) in [5.74, 6) is -0.103. The molecule has 0 aliphatic heterocycles. The zero-order valence-corrected chi connectivity index (χ0v) is 12.8. The van der Waals surface area contributed by atoms with E-state index < -0.39 is 5.60 Å². The normalized spacial score (nSPS) is 26.5. The standard InChI is InChI=1S/C17H25NO2/c1-4-16(19)20-17(14-9-6-5-7-10-14)12-8-11-15(13-17)18(2)3/h5-7,9-10,15H,4,8,11-13H2,1-3H3/t15-,17+/m0/s1. The van der Waals surface area contributed by atoms with Crippen LogP contribution in [0.15, 0.2) is 30.3 Å². The summed E-state index contributed by atoms with van der Waals surface area (Å²) in [7, 11) is 4.21. The Morgan fingerprint density at radius 3 is 2.65 bits per heavy atom. The van der Waals surface area contributed by atoms with Crippen molar-refractivity contribution in [2.45, 2.75) is 50.7 Å². The third kappa shape index (κ3) is 3.21. The monoisotopic (exact) mass is 275 g/mol. The topological polar surface area (TPSA) is 29.5 Å². The van der Waals surface area contributed by atoms with E-state index in [-0.39, 0.29) is 5.97 Å². The number of benzene rings is 1. The lowest BCUT2D eigenvalue weighted by molar-refractivity contribution is -0.167. The number of hydrogen-bond donors (Lipinski definition) is 0. The van der Waals surface area contributed by atoms with Gasteiger partial charge in [0.2, 0.25) is 0 Å². The minimum atomic E-state index is -0.443. The molecule has 2 rings (SSSR count). The number of carbonyl (C=O) groups excluding carboxylic acids is 1. The quantitative estimate of drug-likeness (QED) is 0.789. The van der Waals surface area contributed by atoms with E-state index in [4.69, 9.17) is 4.74 Å². The van der Waals surface area contributed by atoms with Gasteiger partial charge in [0.1, 0.15) is 5.60 Å². The Morgan fingerprint density at radius 1 is 1.35 bits per heavy atom. The largest absolute Gasteiger partial charge is 0.454 e. The van der Waals surface area contributed by atoms with E-state index in [9.17, 15) is 4.79 Å². The number of esters is 1. The van der Waals surface area contributed by atoms with Crippen LogP contribution in [-0.2, 0) is 15.1 Å². The number of nitrogens with zero attached hydrogens (tertiary/aromatic N) is 1. The summed E-state index contributed by atoms with van der Waals surface area (Å²) in [5.41, 5.74) is 0.690. The van der Waals surface area contributed by atoms with Crippen LogP contribution in [0.2, 0.25) is 0 Å². The maximum atomic E-state index is 11.9. The average Bonchev–Trinajstić information content (AvgIpc) is 2.48. The Balaban J connectivity index is 2.31. The Bertz CT molecular complexity index is 444. The van der Waals surface area contributed by atoms with E-state index in [1.54, 1.807) is 0 Å². The van der Waals surface area contributed by atoms with Gasteiger partial charge >= 0.3 is 5.97 Å². The van der Waals surface area contributed by atoms with Gasteiger partial charge in [-0.3, -0.25) is 4.79 Å². The summed E-state index contributed by atoms with van der Waals surface area (Å²) in [6.45, 7) is 1.85. The van der Waals surface area contributed by atoms with Crippen LogP contribution in [0.4, 0.5) is 0 Å². The summed E-state index contributed by atoms with van der Waals surface area (Å²) in [4.78, 5) is 14.1. The zero-order chi connectivity index (χ0) is 14.6. The summed E-state index contributed by atoms with van der Waals surface area (Å²) >= 11 is 0. The molecule has 3 nitrogen and oxygen atoms in total. The van der Waals surface area contributed by atoms with Gasteiger partial charge in [-0.15, -0.1) is 0 Å². The molecule has 1 fully saturated rings. The molecule has 0 saturated heterocycles. The highest BCUT2D eigenvalue weighted by Gasteiger charge is 2.41. The molecule has 0 radical (unpaired) electrons. The maximum Gasteiger partial charge on any atom is 0.306 e. The van der Waals surface area contributed by atoms with Gasteiger partial charge < -0.3 is 9.64 Å². The van der Waals surface area contributed by atoms with Crippen LogP contribution in [0.3, 0.4) is 0 Å². The minimum Gasteiger partial charge on any atom is -0.454 e. The molecule has 0 bridgehead atoms. The molecule has 0 spiro atoms. The fraction of sp³-hybridized carbons (Fsp3) is 0.588. The SMILES string of the molecule is CCC(=O)O[C@]1(c2ccccc2)CCC[C@H](N(C)C)C1. The Labute approximate surface area is 121 Å². The molecule has 1 saturated carbocycles. The summed E-state index contributed by atoms with van der Waals surface area (Å²) in [6.07, 6.45) is 4.50. The molecule has 1 aromatic carbocycles. The zero-order valence-electron chi connectivity index (χ0n) is 12.8. The predicted octanol–water partition coefficient (Wildman–Crippen LogP) is 3.34. The van der Waals surface area contributed by atoms with Crippen molar-refractivity contribution in [2.75, 3.05) is 14.1 Å². The maximum absolute atomic E-state index is 11.9. The highest BCUT2D eigenvalue weighted by Crippen LogP contribution is 2.42. The molecule has 0 N–H and O–H groups in total. The molecule has 0 aromatic heterocycles. The van der Waals surface area contributed by atoms with Crippen LogP contribution < -0.4 is 0 Å². The first-order valence-corrected chi connectivity index (χ1v) is 7.51. The number of hydrogen-bond acceptors (Lipinski definition) is 3. The van der Waals surface area contributed by atoms with Crippen molar-refractivity contribution >= 4 is 5.97 Å². The molecule has 3 heteroatoms. The van der Waals surface area contributed by atoms with Gasteiger partial charge in [-0.2, -0.15) is 0 Å². The Hall–Kier alpha value is -1.35. The molecule has 1 aliphatic rings. The van der Waals surface area contributed by atoms with Gasteiger partial charge in [0, 0.05) is 18.9 Å². The lowest BCUT2D eigenvalue weighted by Gasteiger charge is -2.42. The van der Waals surface area contributed by atoms with E-state index in [2.05, 4.69) is 31.1 Å². The molecule has 0 unspecified atom stereocenters. The molecule has 20 heavy (non-hydrogen) atoms. The lowest BCUT2D eigenvalue weighted by atomic mass is 9.76. The van der Waals surface area contributed by atoms with Gasteiger partial charge in [0.05, 0.1) is 0 Å². The van der Waals surface area contributed by atoms with E-state index >= 15 is 0 Å². The van der Waals surface area contributed by atoms with Crippen LogP contribution in [0.5, 0.6) is 0 Å². The van der Waals surface area contributed by atoms with Crippen molar-refractivity contribution in [3.05, 3.63) is 35.9 Å². The molecule has 2 atom stereocenters.